The van der Waals surface area contributed by atoms with Crippen LogP contribution in [-0.2, 0) is 16.1 Å². The molecular formula is C19H20N2O3. The fourth-order valence-corrected chi connectivity index (χ4v) is 2.79. The molecule has 1 N–H and O–H groups in total. The lowest BCUT2D eigenvalue weighted by molar-refractivity contribution is -0.117. The third-order valence-electron chi connectivity index (χ3n) is 4.02. The first-order chi connectivity index (χ1) is 11.7. The molecule has 0 saturated carbocycles. The maximum absolute atomic E-state index is 12.4. The summed E-state index contributed by atoms with van der Waals surface area (Å²) in [5, 5.41) is 2.88. The van der Waals surface area contributed by atoms with Crippen molar-refractivity contribution < 1.29 is 14.3 Å². The van der Waals surface area contributed by atoms with E-state index in [9.17, 15) is 9.59 Å². The number of carbonyl (C=O) groups excluding carboxylic acids is 2. The Bertz CT molecular complexity index is 741. The number of hydrogen-bond donors (Lipinski definition) is 1. The topological polar surface area (TPSA) is 58.6 Å². The number of hydrogen-bond acceptors (Lipinski definition) is 3. The van der Waals surface area contributed by atoms with E-state index in [1.54, 1.807) is 24.1 Å². The van der Waals surface area contributed by atoms with Crippen molar-refractivity contribution in [2.75, 3.05) is 23.9 Å². The van der Waals surface area contributed by atoms with Crippen LogP contribution in [0, 0.1) is 0 Å². The molecule has 2 aromatic rings. The number of nitrogens with one attached hydrogen (secondary N) is 1. The molecule has 5 heteroatoms. The lowest BCUT2D eigenvalue weighted by Crippen LogP contribution is -2.23. The number of amides is 2. The summed E-state index contributed by atoms with van der Waals surface area (Å²) in [6, 6.07) is 14.7. The van der Waals surface area contributed by atoms with Crippen molar-refractivity contribution in [2.45, 2.75) is 19.4 Å². The van der Waals surface area contributed by atoms with E-state index in [4.69, 9.17) is 4.74 Å². The van der Waals surface area contributed by atoms with Crippen LogP contribution in [0.5, 0.6) is 0 Å². The maximum atomic E-state index is 12.4. The first-order valence-electron chi connectivity index (χ1n) is 7.97. The van der Waals surface area contributed by atoms with Gasteiger partial charge in [0.25, 0.3) is 5.91 Å². The van der Waals surface area contributed by atoms with Gasteiger partial charge in [0, 0.05) is 37.0 Å². The molecule has 1 fully saturated rings. The molecule has 2 amide bonds. The number of rotatable bonds is 5. The van der Waals surface area contributed by atoms with Gasteiger partial charge in [0.15, 0.2) is 0 Å². The minimum absolute atomic E-state index is 0.132. The molecule has 5 nitrogen and oxygen atoms in total. The Balaban J connectivity index is 1.71. The van der Waals surface area contributed by atoms with E-state index < -0.39 is 0 Å². The monoisotopic (exact) mass is 324 g/mol. The highest BCUT2D eigenvalue weighted by atomic mass is 16.5. The molecule has 3 rings (SSSR count). The first-order valence-corrected chi connectivity index (χ1v) is 7.97. The van der Waals surface area contributed by atoms with Crippen molar-refractivity contribution in [1.82, 2.24) is 0 Å². The van der Waals surface area contributed by atoms with Crippen LogP contribution in [-0.4, -0.2) is 25.5 Å². The highest BCUT2D eigenvalue weighted by Crippen LogP contribution is 2.24. The van der Waals surface area contributed by atoms with Crippen LogP contribution in [0.4, 0.5) is 11.4 Å². The van der Waals surface area contributed by atoms with Crippen LogP contribution in [0.3, 0.4) is 0 Å². The van der Waals surface area contributed by atoms with Gasteiger partial charge >= 0.3 is 0 Å². The van der Waals surface area contributed by atoms with Gasteiger partial charge in [-0.1, -0.05) is 18.2 Å². The average molecular weight is 324 g/mol. The van der Waals surface area contributed by atoms with Crippen molar-refractivity contribution in [1.29, 1.82) is 0 Å². The molecule has 24 heavy (non-hydrogen) atoms. The first kappa shape index (κ1) is 16.2. The molecular weight excluding hydrogens is 304 g/mol. The van der Waals surface area contributed by atoms with Crippen molar-refractivity contribution in [3.63, 3.8) is 0 Å². The van der Waals surface area contributed by atoms with Crippen LogP contribution in [0.25, 0.3) is 0 Å². The van der Waals surface area contributed by atoms with E-state index in [0.29, 0.717) is 24.3 Å². The Labute approximate surface area is 141 Å². The summed E-state index contributed by atoms with van der Waals surface area (Å²) < 4.78 is 5.06. The smallest absolute Gasteiger partial charge is 0.255 e. The third kappa shape index (κ3) is 3.63. The molecule has 0 unspecified atom stereocenters. The van der Waals surface area contributed by atoms with Crippen LogP contribution in [0.2, 0.25) is 0 Å². The Morgan fingerprint density at radius 3 is 2.67 bits per heavy atom. The molecule has 1 aliphatic heterocycles. The highest BCUT2D eigenvalue weighted by Gasteiger charge is 2.21. The third-order valence-corrected chi connectivity index (χ3v) is 4.02. The molecule has 1 saturated heterocycles. The zero-order valence-electron chi connectivity index (χ0n) is 13.6. The Kier molecular flexibility index (Phi) is 4.91. The van der Waals surface area contributed by atoms with Gasteiger partial charge in [-0.25, -0.2) is 0 Å². The number of nitrogens with zero attached hydrogens (tertiary/aromatic N) is 1. The van der Waals surface area contributed by atoms with Gasteiger partial charge in [0.2, 0.25) is 5.91 Å². The normalized spacial score (nSPS) is 14.0. The predicted molar refractivity (Wildman–Crippen MR) is 93.1 cm³/mol. The fourth-order valence-electron chi connectivity index (χ4n) is 2.79. The summed E-state index contributed by atoms with van der Waals surface area (Å²) >= 11 is 0. The minimum Gasteiger partial charge on any atom is -0.380 e. The van der Waals surface area contributed by atoms with Crippen LogP contribution in [0.1, 0.15) is 28.8 Å². The molecule has 0 aromatic heterocycles. The number of anilines is 2. The number of benzene rings is 2. The maximum Gasteiger partial charge on any atom is 0.255 e. The SMILES string of the molecule is COCc1ccc(C(=O)Nc2cccc(N3CCCC3=O)c2)cc1. The lowest BCUT2D eigenvalue weighted by atomic mass is 10.1. The van der Waals surface area contributed by atoms with Crippen LogP contribution < -0.4 is 10.2 Å². The number of methoxy groups -OCH3 is 1. The molecule has 0 atom stereocenters. The molecule has 124 valence electrons. The summed E-state index contributed by atoms with van der Waals surface area (Å²) in [6.07, 6.45) is 1.47. The average Bonchev–Trinajstić information content (AvgIpc) is 3.02. The standard InChI is InChI=1S/C19H20N2O3/c1-24-13-14-7-9-15(10-8-14)19(23)20-16-4-2-5-17(12-16)21-11-3-6-18(21)22/h2,4-5,7-10,12H,3,6,11,13H2,1H3,(H,20,23). The molecule has 0 aliphatic carbocycles. The summed E-state index contributed by atoms with van der Waals surface area (Å²) in [6.45, 7) is 1.25. The molecule has 1 heterocycles. The minimum atomic E-state index is -0.177. The van der Waals surface area contributed by atoms with Crippen molar-refractivity contribution in [3.8, 4) is 0 Å². The summed E-state index contributed by atoms with van der Waals surface area (Å²) in [5.74, 6) is -0.0453. The van der Waals surface area contributed by atoms with Gasteiger partial charge in [-0.05, 0) is 42.3 Å². The van der Waals surface area contributed by atoms with Crippen LogP contribution >= 0.6 is 0 Å². The predicted octanol–water partition coefficient (Wildman–Crippen LogP) is 3.21. The fraction of sp³-hybridized carbons (Fsp3) is 0.263. The van der Waals surface area contributed by atoms with Gasteiger partial charge in [-0.15, -0.1) is 0 Å². The quantitative estimate of drug-likeness (QED) is 0.919. The largest absolute Gasteiger partial charge is 0.380 e. The Hall–Kier alpha value is -2.66. The van der Waals surface area contributed by atoms with E-state index in [1.165, 1.54) is 0 Å². The van der Waals surface area contributed by atoms with E-state index in [1.807, 2.05) is 36.4 Å². The Morgan fingerprint density at radius 1 is 1.21 bits per heavy atom. The second-order valence-electron chi connectivity index (χ2n) is 5.78. The lowest BCUT2D eigenvalue weighted by Gasteiger charge is -2.16. The molecule has 1 aliphatic rings. The van der Waals surface area contributed by atoms with Gasteiger partial charge in [-0.2, -0.15) is 0 Å². The van der Waals surface area contributed by atoms with Gasteiger partial charge in [0.05, 0.1) is 6.61 Å². The second-order valence-corrected chi connectivity index (χ2v) is 5.78. The zero-order chi connectivity index (χ0) is 16.9. The van der Waals surface area contributed by atoms with Gasteiger partial charge in [0.1, 0.15) is 0 Å². The van der Waals surface area contributed by atoms with Crippen molar-refractivity contribution in [2.24, 2.45) is 0 Å². The summed E-state index contributed by atoms with van der Waals surface area (Å²) in [7, 11) is 1.64. The Morgan fingerprint density at radius 2 is 2.00 bits per heavy atom. The highest BCUT2D eigenvalue weighted by molar-refractivity contribution is 6.05. The van der Waals surface area contributed by atoms with E-state index in [0.717, 1.165) is 24.2 Å². The molecule has 2 aromatic carbocycles. The number of carbonyl (C=O) groups is 2. The van der Waals surface area contributed by atoms with Crippen LogP contribution in [0.15, 0.2) is 48.5 Å². The van der Waals surface area contributed by atoms with Crippen molar-refractivity contribution >= 4 is 23.2 Å². The van der Waals surface area contributed by atoms with E-state index in [2.05, 4.69) is 5.32 Å². The van der Waals surface area contributed by atoms with Gasteiger partial charge < -0.3 is 15.0 Å². The van der Waals surface area contributed by atoms with Crippen molar-refractivity contribution in [3.05, 3.63) is 59.7 Å². The number of ether oxygens (including phenoxy) is 1. The van der Waals surface area contributed by atoms with E-state index in [-0.39, 0.29) is 11.8 Å². The molecule has 0 bridgehead atoms. The molecule has 0 radical (unpaired) electrons. The zero-order valence-corrected chi connectivity index (χ0v) is 13.6. The van der Waals surface area contributed by atoms with E-state index >= 15 is 0 Å². The van der Waals surface area contributed by atoms with Gasteiger partial charge in [-0.3, -0.25) is 9.59 Å². The summed E-state index contributed by atoms with van der Waals surface area (Å²) in [5.41, 5.74) is 3.10. The second kappa shape index (κ2) is 7.27. The molecule has 0 spiro atoms. The summed E-state index contributed by atoms with van der Waals surface area (Å²) in [4.78, 5) is 26.0.